The van der Waals surface area contributed by atoms with E-state index in [-0.39, 0.29) is 43.8 Å². The van der Waals surface area contributed by atoms with Crippen LogP contribution in [0, 0.1) is 37.7 Å². The van der Waals surface area contributed by atoms with E-state index >= 15 is 0 Å². The Hall–Kier alpha value is -3.22. The number of hydrogen-bond donors (Lipinski definition) is 1. The number of aryl methyl sites for hydroxylation is 2. The van der Waals surface area contributed by atoms with Crippen LogP contribution in [0.5, 0.6) is 11.5 Å². The molecule has 1 aromatic heterocycles. The van der Waals surface area contributed by atoms with Crippen molar-refractivity contribution in [2.75, 3.05) is 0 Å². The fourth-order valence-corrected chi connectivity index (χ4v) is 6.30. The van der Waals surface area contributed by atoms with Crippen LogP contribution >= 0.6 is 0 Å². The molecule has 4 nitrogen and oxygen atoms in total. The third-order valence-electron chi connectivity index (χ3n) is 8.85. The number of carbonyl (C=O) groups excluding carboxylic acids is 1. The standard InChI is InChI=1S/C25H22NO.C14H23F3O2.Ir/c1-14(2)9-17-11-19-7-8-26-24-21-13-18-6-5-15(3)10-20(18)16(4)25(21)27-22(12-17)23(19)24;1-5-10(6-2)12(18)9(4)13(19)11(7-3)8-14(15,16)17;/h5-8,10-12,14H,9H2,1-4H3;10-11,18H,5-8H2,1-4H3;/q-1;;/b;12-9-;. The maximum Gasteiger partial charge on any atom is 0.389 e. The summed E-state index contributed by atoms with van der Waals surface area (Å²) < 4.78 is 43.6. The molecule has 0 saturated heterocycles. The number of hydrogen-bond acceptors (Lipinski definition) is 4. The number of aromatic nitrogens is 1. The van der Waals surface area contributed by atoms with Crippen LogP contribution in [-0.4, -0.2) is 22.1 Å². The van der Waals surface area contributed by atoms with E-state index in [9.17, 15) is 23.1 Å². The third kappa shape index (κ3) is 8.63. The topological polar surface area (TPSA) is 59.4 Å². The fourth-order valence-electron chi connectivity index (χ4n) is 6.30. The van der Waals surface area contributed by atoms with Gasteiger partial charge in [0.05, 0.1) is 12.2 Å². The average molecular weight is 825 g/mol. The number of pyridine rings is 1. The molecule has 8 heteroatoms. The molecule has 0 fully saturated rings. The van der Waals surface area contributed by atoms with Gasteiger partial charge in [0.25, 0.3) is 0 Å². The SMILES string of the molecule is CCC(CC(F)(F)F)C(=O)/C(C)=C(\O)C(CC)CC.Cc1ccc2[c-]c3c(c(C)c2c1)Oc1cc(CC(C)C)cc2ccnc-3c12.[Ir]. The van der Waals surface area contributed by atoms with Gasteiger partial charge < -0.3 is 9.84 Å². The molecule has 1 aliphatic rings. The first-order valence-corrected chi connectivity index (χ1v) is 16.3. The van der Waals surface area contributed by atoms with E-state index in [1.165, 1.54) is 28.8 Å². The Morgan fingerprint density at radius 1 is 1.00 bits per heavy atom. The predicted molar refractivity (Wildman–Crippen MR) is 180 cm³/mol. The predicted octanol–water partition coefficient (Wildman–Crippen LogP) is 11.6. The number of carbonyl (C=O) groups is 1. The molecule has 5 rings (SSSR count). The summed E-state index contributed by atoms with van der Waals surface area (Å²) in [6.45, 7) is 15.5. The zero-order chi connectivity index (χ0) is 33.9. The van der Waals surface area contributed by atoms with Gasteiger partial charge in [0.2, 0.25) is 0 Å². The molecule has 0 aliphatic carbocycles. The van der Waals surface area contributed by atoms with Crippen LogP contribution < -0.4 is 4.74 Å². The Balaban J connectivity index is 0.000000269. The molecular formula is C39H45F3IrNO3-. The van der Waals surface area contributed by atoms with Gasteiger partial charge in [-0.05, 0) is 75.5 Å². The van der Waals surface area contributed by atoms with E-state index in [1.54, 1.807) is 6.92 Å². The molecule has 0 saturated carbocycles. The van der Waals surface area contributed by atoms with Crippen LogP contribution in [-0.2, 0) is 31.3 Å². The fraction of sp³-hybridized carbons (Fsp3) is 0.436. The molecule has 3 aromatic carbocycles. The van der Waals surface area contributed by atoms with Crippen molar-refractivity contribution in [3.05, 3.63) is 76.7 Å². The molecule has 255 valence electrons. The number of rotatable bonds is 9. The minimum absolute atomic E-state index is 0. The molecule has 0 bridgehead atoms. The minimum atomic E-state index is -4.36. The molecule has 4 aromatic rings. The van der Waals surface area contributed by atoms with Crippen molar-refractivity contribution in [3.63, 3.8) is 0 Å². The van der Waals surface area contributed by atoms with Crippen molar-refractivity contribution in [3.8, 4) is 22.8 Å². The number of allylic oxidation sites excluding steroid dienone is 2. The normalized spacial score (nSPS) is 13.4. The molecule has 1 N–H and O–H groups in total. The van der Waals surface area contributed by atoms with E-state index in [0.29, 0.717) is 18.8 Å². The molecule has 1 unspecified atom stereocenters. The molecule has 2 heterocycles. The summed E-state index contributed by atoms with van der Waals surface area (Å²) >= 11 is 0. The van der Waals surface area contributed by atoms with Crippen molar-refractivity contribution in [1.82, 2.24) is 4.98 Å². The summed E-state index contributed by atoms with van der Waals surface area (Å²) in [6.07, 6.45) is -1.12. The van der Waals surface area contributed by atoms with Gasteiger partial charge >= 0.3 is 6.18 Å². The summed E-state index contributed by atoms with van der Waals surface area (Å²) in [5.74, 6) is 0.502. The Bertz CT molecular complexity index is 1770. The van der Waals surface area contributed by atoms with Gasteiger partial charge in [0, 0.05) is 54.8 Å². The first kappa shape index (κ1) is 38.2. The van der Waals surface area contributed by atoms with Crippen LogP contribution in [0.1, 0.15) is 83.9 Å². The van der Waals surface area contributed by atoms with Gasteiger partial charge in [-0.15, -0.1) is 17.5 Å². The number of ketones is 1. The zero-order valence-electron chi connectivity index (χ0n) is 28.5. The first-order chi connectivity index (χ1) is 21.7. The maximum absolute atomic E-state index is 12.4. The number of benzene rings is 3. The smallest absolute Gasteiger partial charge is 0.389 e. The maximum atomic E-state index is 12.4. The van der Waals surface area contributed by atoms with Gasteiger partial charge in [-0.25, -0.2) is 0 Å². The van der Waals surface area contributed by atoms with Crippen LogP contribution in [0.3, 0.4) is 0 Å². The second kappa shape index (κ2) is 15.8. The second-order valence-electron chi connectivity index (χ2n) is 12.9. The first-order valence-electron chi connectivity index (χ1n) is 16.3. The van der Waals surface area contributed by atoms with Gasteiger partial charge in [-0.2, -0.15) is 13.2 Å². The number of alkyl halides is 3. The molecule has 0 spiro atoms. The van der Waals surface area contributed by atoms with Crippen molar-refractivity contribution in [2.45, 2.75) is 93.7 Å². The molecule has 0 amide bonds. The quantitative estimate of drug-likeness (QED) is 0.0914. The Labute approximate surface area is 290 Å². The summed E-state index contributed by atoms with van der Waals surface area (Å²) in [7, 11) is 0. The minimum Gasteiger partial charge on any atom is -0.512 e. The number of nitrogens with zero attached hydrogens (tertiary/aromatic N) is 1. The van der Waals surface area contributed by atoms with E-state index < -0.39 is 24.3 Å². The number of fused-ring (bicyclic) bond motifs is 3. The van der Waals surface area contributed by atoms with Crippen LogP contribution in [0.25, 0.3) is 32.8 Å². The second-order valence-corrected chi connectivity index (χ2v) is 12.9. The number of aliphatic hydroxyl groups is 1. The number of halogens is 3. The largest absolute Gasteiger partial charge is 0.512 e. The average Bonchev–Trinajstić information content (AvgIpc) is 3.00. The van der Waals surface area contributed by atoms with Crippen LogP contribution in [0.2, 0.25) is 0 Å². The number of ether oxygens (including phenoxy) is 1. The Kier molecular flexibility index (Phi) is 12.8. The van der Waals surface area contributed by atoms with Gasteiger partial charge in [-0.3, -0.25) is 9.78 Å². The van der Waals surface area contributed by atoms with Gasteiger partial charge in [0.15, 0.2) is 5.78 Å². The van der Waals surface area contributed by atoms with Crippen molar-refractivity contribution < 1.29 is 47.9 Å². The van der Waals surface area contributed by atoms with Crippen LogP contribution in [0.15, 0.2) is 53.9 Å². The van der Waals surface area contributed by atoms with Crippen LogP contribution in [0.4, 0.5) is 13.2 Å². The summed E-state index contributed by atoms with van der Waals surface area (Å²) in [5.41, 5.74) is 5.73. The van der Waals surface area contributed by atoms with E-state index in [2.05, 4.69) is 70.2 Å². The van der Waals surface area contributed by atoms with Crippen molar-refractivity contribution in [1.29, 1.82) is 0 Å². The molecule has 1 radical (unpaired) electrons. The van der Waals surface area contributed by atoms with Crippen molar-refractivity contribution in [2.24, 2.45) is 17.8 Å². The monoisotopic (exact) mass is 825 g/mol. The van der Waals surface area contributed by atoms with E-state index in [1.807, 2.05) is 20.0 Å². The summed E-state index contributed by atoms with van der Waals surface area (Å²) in [6, 6.07) is 16.6. The molecule has 1 atom stereocenters. The van der Waals surface area contributed by atoms with Crippen molar-refractivity contribution >= 4 is 27.3 Å². The summed E-state index contributed by atoms with van der Waals surface area (Å²) in [4.78, 5) is 16.7. The molecular weight excluding hydrogens is 780 g/mol. The molecule has 1 aliphatic heterocycles. The third-order valence-corrected chi connectivity index (χ3v) is 8.85. The number of aliphatic hydroxyl groups excluding tert-OH is 1. The van der Waals surface area contributed by atoms with E-state index in [4.69, 9.17) is 9.72 Å². The summed E-state index contributed by atoms with van der Waals surface area (Å²) in [5, 5.41) is 14.6. The Morgan fingerprint density at radius 2 is 1.66 bits per heavy atom. The Morgan fingerprint density at radius 3 is 2.26 bits per heavy atom. The zero-order valence-corrected chi connectivity index (χ0v) is 30.9. The van der Waals surface area contributed by atoms with Gasteiger partial charge in [0.1, 0.15) is 11.5 Å². The molecule has 47 heavy (non-hydrogen) atoms. The number of Topliss-reactive ketones (excluding diaryl/α,β-unsaturated/α-hetero) is 1. The van der Waals surface area contributed by atoms with E-state index in [0.717, 1.165) is 45.5 Å². The van der Waals surface area contributed by atoms with Gasteiger partial charge in [-0.1, -0.05) is 74.9 Å².